The van der Waals surface area contributed by atoms with Crippen LogP contribution < -0.4 is 0 Å². The SMILES string of the molecule is CC(C)CCCC(C)C1CCC2C3CC=C4CC(OC(=O)C56CC7CC(CC(C7)C5)C6)CCC4(C)C3CCC12C. The van der Waals surface area contributed by atoms with Crippen molar-refractivity contribution in [1.29, 1.82) is 0 Å². The molecule has 0 heterocycles. The van der Waals surface area contributed by atoms with Gasteiger partial charge in [-0.25, -0.2) is 0 Å². The molecule has 0 aromatic heterocycles. The Morgan fingerprint density at radius 2 is 1.60 bits per heavy atom. The van der Waals surface area contributed by atoms with Crippen LogP contribution in [0, 0.1) is 69.5 Å². The van der Waals surface area contributed by atoms with Crippen molar-refractivity contribution in [2.45, 2.75) is 150 Å². The zero-order chi connectivity index (χ0) is 27.9. The number of carbonyl (C=O) groups excluding carboxylic acids is 1. The molecule has 8 aliphatic carbocycles. The second-order valence-corrected chi connectivity index (χ2v) is 17.8. The summed E-state index contributed by atoms with van der Waals surface area (Å²) in [5.74, 6) is 7.94. The van der Waals surface area contributed by atoms with Crippen molar-refractivity contribution >= 4 is 5.97 Å². The summed E-state index contributed by atoms with van der Waals surface area (Å²) in [5, 5.41) is 0. The molecule has 7 fully saturated rings. The molecule has 0 radical (unpaired) electrons. The van der Waals surface area contributed by atoms with Crippen molar-refractivity contribution in [3.05, 3.63) is 11.6 Å². The first-order valence-corrected chi connectivity index (χ1v) is 18.0. The zero-order valence-corrected chi connectivity index (χ0v) is 26.7. The summed E-state index contributed by atoms with van der Waals surface area (Å²) in [7, 11) is 0. The lowest BCUT2D eigenvalue weighted by Gasteiger charge is -2.58. The largest absolute Gasteiger partial charge is 0.462 e. The Labute approximate surface area is 246 Å². The monoisotopic (exact) mass is 548 g/mol. The minimum Gasteiger partial charge on any atom is -0.462 e. The molecule has 0 N–H and O–H groups in total. The van der Waals surface area contributed by atoms with Crippen LogP contribution in [0.15, 0.2) is 11.6 Å². The van der Waals surface area contributed by atoms with E-state index in [1.165, 1.54) is 77.0 Å². The summed E-state index contributed by atoms with van der Waals surface area (Å²) >= 11 is 0. The van der Waals surface area contributed by atoms with E-state index in [4.69, 9.17) is 4.74 Å². The first kappa shape index (κ1) is 28.0. The van der Waals surface area contributed by atoms with Gasteiger partial charge in [0.1, 0.15) is 6.10 Å². The van der Waals surface area contributed by atoms with Crippen LogP contribution in [0.3, 0.4) is 0 Å². The van der Waals surface area contributed by atoms with Gasteiger partial charge in [-0.3, -0.25) is 4.79 Å². The highest BCUT2D eigenvalue weighted by molar-refractivity contribution is 5.77. The maximum atomic E-state index is 13.7. The smallest absolute Gasteiger partial charge is 0.312 e. The van der Waals surface area contributed by atoms with Gasteiger partial charge < -0.3 is 4.74 Å². The van der Waals surface area contributed by atoms with Crippen molar-refractivity contribution < 1.29 is 9.53 Å². The Hall–Kier alpha value is -0.790. The topological polar surface area (TPSA) is 26.3 Å². The van der Waals surface area contributed by atoms with Crippen molar-refractivity contribution in [3.63, 3.8) is 0 Å². The van der Waals surface area contributed by atoms with Gasteiger partial charge in [-0.1, -0.05) is 65.5 Å². The molecule has 7 saturated carbocycles. The van der Waals surface area contributed by atoms with Crippen LogP contribution in [0.1, 0.15) is 144 Å². The summed E-state index contributed by atoms with van der Waals surface area (Å²) in [6.07, 6.45) is 25.1. The molecule has 0 amide bonds. The third kappa shape index (κ3) is 4.49. The number of allylic oxidation sites excluding steroid dienone is 1. The van der Waals surface area contributed by atoms with Crippen molar-refractivity contribution in [2.75, 3.05) is 0 Å². The molecule has 0 aliphatic heterocycles. The molecule has 40 heavy (non-hydrogen) atoms. The van der Waals surface area contributed by atoms with Crippen molar-refractivity contribution in [1.82, 2.24) is 0 Å². The fourth-order valence-corrected chi connectivity index (χ4v) is 13.4. The minimum absolute atomic E-state index is 0.111. The summed E-state index contributed by atoms with van der Waals surface area (Å²) in [6, 6.07) is 0. The lowest BCUT2D eigenvalue weighted by atomic mass is 9.47. The average Bonchev–Trinajstić information content (AvgIpc) is 3.25. The van der Waals surface area contributed by atoms with E-state index < -0.39 is 0 Å². The Morgan fingerprint density at radius 1 is 0.900 bits per heavy atom. The molecule has 224 valence electrons. The normalized spacial score (nSPS) is 49.7. The van der Waals surface area contributed by atoms with E-state index in [-0.39, 0.29) is 17.5 Å². The van der Waals surface area contributed by atoms with Crippen LogP contribution in [-0.4, -0.2) is 12.1 Å². The molecule has 2 nitrogen and oxygen atoms in total. The standard InChI is InChI=1S/C38H60O2/c1-24(2)7-6-8-25(3)32-11-12-33-31-10-9-29-20-30(13-15-36(29,4)34(31)14-16-37(32,33)5)40-35(39)38-21-26-17-27(22-38)19-28(18-26)23-38/h9,24-28,30-34H,6-8,10-23H2,1-5H3. The summed E-state index contributed by atoms with van der Waals surface area (Å²) in [4.78, 5) is 13.7. The second-order valence-electron chi connectivity index (χ2n) is 17.8. The van der Waals surface area contributed by atoms with Crippen LogP contribution >= 0.6 is 0 Å². The van der Waals surface area contributed by atoms with Gasteiger partial charge in [0.25, 0.3) is 0 Å². The molecule has 4 bridgehead atoms. The molecule has 0 spiro atoms. The van der Waals surface area contributed by atoms with E-state index in [1.54, 1.807) is 5.57 Å². The molecule has 0 aromatic rings. The highest BCUT2D eigenvalue weighted by Crippen LogP contribution is 2.68. The third-order valence-corrected chi connectivity index (χ3v) is 15.0. The van der Waals surface area contributed by atoms with Crippen LogP contribution in [0.2, 0.25) is 0 Å². The predicted molar refractivity (Wildman–Crippen MR) is 164 cm³/mol. The number of hydrogen-bond acceptors (Lipinski definition) is 2. The second kappa shape index (κ2) is 10.1. The molecular formula is C38H60O2. The molecule has 2 heteroatoms. The Bertz CT molecular complexity index is 972. The predicted octanol–water partition coefficient (Wildman–Crippen LogP) is 10.2. The maximum absolute atomic E-state index is 13.7. The highest BCUT2D eigenvalue weighted by atomic mass is 16.5. The number of hydrogen-bond donors (Lipinski definition) is 0. The molecule has 8 unspecified atom stereocenters. The summed E-state index contributed by atoms with van der Waals surface area (Å²) in [6.45, 7) is 12.7. The average molecular weight is 549 g/mol. The molecular weight excluding hydrogens is 488 g/mol. The van der Waals surface area contributed by atoms with Crippen LogP contribution in [0.5, 0.6) is 0 Å². The van der Waals surface area contributed by atoms with Gasteiger partial charge in [-0.15, -0.1) is 0 Å². The Morgan fingerprint density at radius 3 is 2.27 bits per heavy atom. The molecule has 0 aromatic carbocycles. The molecule has 8 aliphatic rings. The molecule has 0 saturated heterocycles. The quantitative estimate of drug-likeness (QED) is 0.234. The Balaban J connectivity index is 1.01. The zero-order valence-electron chi connectivity index (χ0n) is 26.7. The third-order valence-electron chi connectivity index (χ3n) is 15.0. The molecule has 8 rings (SSSR count). The first-order chi connectivity index (χ1) is 19.1. The van der Waals surface area contributed by atoms with E-state index in [1.807, 2.05) is 0 Å². The summed E-state index contributed by atoms with van der Waals surface area (Å²) < 4.78 is 6.50. The van der Waals surface area contributed by atoms with E-state index >= 15 is 0 Å². The number of fused-ring (bicyclic) bond motifs is 5. The first-order valence-electron chi connectivity index (χ1n) is 18.0. The maximum Gasteiger partial charge on any atom is 0.312 e. The fourth-order valence-electron chi connectivity index (χ4n) is 13.4. The van der Waals surface area contributed by atoms with Gasteiger partial charge in [-0.05, 0) is 148 Å². The lowest BCUT2D eigenvalue weighted by Crippen LogP contribution is -2.52. The van der Waals surface area contributed by atoms with Gasteiger partial charge >= 0.3 is 5.97 Å². The number of carbonyl (C=O) groups is 1. The van der Waals surface area contributed by atoms with Gasteiger partial charge in [-0.2, -0.15) is 0 Å². The van der Waals surface area contributed by atoms with Crippen molar-refractivity contribution in [3.8, 4) is 0 Å². The highest BCUT2D eigenvalue weighted by Gasteiger charge is 2.60. The molecule has 8 atom stereocenters. The fraction of sp³-hybridized carbons (Fsp3) is 0.921. The van der Waals surface area contributed by atoms with Gasteiger partial charge in [0.2, 0.25) is 0 Å². The van der Waals surface area contributed by atoms with Gasteiger partial charge in [0, 0.05) is 6.42 Å². The number of esters is 1. The van der Waals surface area contributed by atoms with Crippen molar-refractivity contribution in [2.24, 2.45) is 69.5 Å². The number of ether oxygens (including phenoxy) is 1. The van der Waals surface area contributed by atoms with E-state index in [9.17, 15) is 4.79 Å². The van der Waals surface area contributed by atoms with Gasteiger partial charge in [0.15, 0.2) is 0 Å². The minimum atomic E-state index is -0.111. The van der Waals surface area contributed by atoms with Crippen LogP contribution in [0.25, 0.3) is 0 Å². The van der Waals surface area contributed by atoms with E-state index in [0.717, 1.165) is 85.4 Å². The Kier molecular flexibility index (Phi) is 7.10. The van der Waals surface area contributed by atoms with Crippen LogP contribution in [-0.2, 0) is 9.53 Å². The van der Waals surface area contributed by atoms with Crippen LogP contribution in [0.4, 0.5) is 0 Å². The van der Waals surface area contributed by atoms with E-state index in [0.29, 0.717) is 10.8 Å². The lowest BCUT2D eigenvalue weighted by molar-refractivity contribution is -0.179. The van der Waals surface area contributed by atoms with Gasteiger partial charge in [0.05, 0.1) is 5.41 Å². The summed E-state index contributed by atoms with van der Waals surface area (Å²) in [5.41, 5.74) is 2.46. The van der Waals surface area contributed by atoms with E-state index in [2.05, 4.69) is 40.7 Å². The number of rotatable bonds is 7.